The molecule has 0 spiro atoms. The molecule has 0 N–H and O–H groups in total. The van der Waals surface area contributed by atoms with Gasteiger partial charge in [-0.1, -0.05) is 0 Å². The topological polar surface area (TPSA) is 59.8 Å². The van der Waals surface area contributed by atoms with E-state index in [1.54, 1.807) is 0 Å². The van der Waals surface area contributed by atoms with Crippen LogP contribution in [0, 0.1) is 16.7 Å². The van der Waals surface area contributed by atoms with E-state index in [4.69, 9.17) is 10.00 Å². The molecule has 0 aromatic carbocycles. The minimum atomic E-state index is -0.221. The molecular formula is C18H32N4O2. The molecule has 2 aliphatic rings. The van der Waals surface area contributed by atoms with E-state index in [1.807, 2.05) is 25.7 Å². The van der Waals surface area contributed by atoms with E-state index >= 15 is 0 Å². The Morgan fingerprint density at radius 3 is 2.38 bits per heavy atom. The summed E-state index contributed by atoms with van der Waals surface area (Å²) in [6.45, 7) is 13.7. The summed E-state index contributed by atoms with van der Waals surface area (Å²) in [5, 5.41) is 9.07. The largest absolute Gasteiger partial charge is 0.378 e. The highest BCUT2D eigenvalue weighted by Gasteiger charge is 2.29. The minimum absolute atomic E-state index is 0.0391. The Balaban J connectivity index is 1.70. The van der Waals surface area contributed by atoms with E-state index < -0.39 is 0 Å². The molecular weight excluding hydrogens is 304 g/mol. The molecule has 1 unspecified atom stereocenters. The fourth-order valence-corrected chi connectivity index (χ4v) is 3.38. The van der Waals surface area contributed by atoms with Crippen LogP contribution >= 0.6 is 0 Å². The van der Waals surface area contributed by atoms with Crippen molar-refractivity contribution in [2.45, 2.75) is 39.7 Å². The molecule has 0 aromatic heterocycles. The second kappa shape index (κ2) is 8.80. The zero-order valence-corrected chi connectivity index (χ0v) is 15.5. The van der Waals surface area contributed by atoms with E-state index in [9.17, 15) is 4.79 Å². The minimum Gasteiger partial charge on any atom is -0.378 e. The van der Waals surface area contributed by atoms with Crippen LogP contribution in [-0.4, -0.2) is 85.7 Å². The number of nitrogens with zero attached hydrogens (tertiary/aromatic N) is 4. The Bertz CT molecular complexity index is 446. The number of carbonyl (C=O) groups is 1. The van der Waals surface area contributed by atoms with Gasteiger partial charge in [0.05, 0.1) is 30.7 Å². The Morgan fingerprint density at radius 1 is 1.17 bits per heavy atom. The predicted octanol–water partition coefficient (Wildman–Crippen LogP) is 1.18. The first-order valence-electron chi connectivity index (χ1n) is 9.17. The molecule has 0 radical (unpaired) electrons. The van der Waals surface area contributed by atoms with Crippen molar-refractivity contribution in [3.8, 4) is 6.07 Å². The van der Waals surface area contributed by atoms with Gasteiger partial charge in [0.15, 0.2) is 0 Å². The summed E-state index contributed by atoms with van der Waals surface area (Å²) >= 11 is 0. The molecule has 2 rings (SSSR count). The number of hydrogen-bond acceptors (Lipinski definition) is 5. The number of amides is 1. The van der Waals surface area contributed by atoms with E-state index in [0.29, 0.717) is 13.2 Å². The van der Waals surface area contributed by atoms with Gasteiger partial charge in [0, 0.05) is 39.3 Å². The highest BCUT2D eigenvalue weighted by Crippen LogP contribution is 2.21. The van der Waals surface area contributed by atoms with Crippen LogP contribution in [-0.2, 0) is 9.53 Å². The number of carbonyl (C=O) groups excluding carboxylic acids is 1. The van der Waals surface area contributed by atoms with Crippen molar-refractivity contribution < 1.29 is 9.53 Å². The molecule has 0 aliphatic carbocycles. The second-order valence-corrected chi connectivity index (χ2v) is 7.59. The highest BCUT2D eigenvalue weighted by molar-refractivity contribution is 5.81. The number of piperazine rings is 1. The van der Waals surface area contributed by atoms with Crippen LogP contribution in [0.2, 0.25) is 0 Å². The lowest BCUT2D eigenvalue weighted by Crippen LogP contribution is -2.55. The van der Waals surface area contributed by atoms with Crippen molar-refractivity contribution in [3.05, 3.63) is 0 Å². The fourth-order valence-electron chi connectivity index (χ4n) is 3.38. The van der Waals surface area contributed by atoms with Crippen molar-refractivity contribution >= 4 is 5.91 Å². The molecule has 2 fully saturated rings. The molecule has 0 saturated carbocycles. The summed E-state index contributed by atoms with van der Waals surface area (Å²) in [7, 11) is 0. The van der Waals surface area contributed by atoms with Gasteiger partial charge in [0.1, 0.15) is 0 Å². The summed E-state index contributed by atoms with van der Waals surface area (Å²) in [4.78, 5) is 19.3. The smallest absolute Gasteiger partial charge is 0.239 e. The van der Waals surface area contributed by atoms with Gasteiger partial charge in [-0.3, -0.25) is 9.69 Å². The lowest BCUT2D eigenvalue weighted by Gasteiger charge is -2.39. The maximum atomic E-state index is 12.6. The Labute approximate surface area is 146 Å². The quantitative estimate of drug-likeness (QED) is 0.729. The van der Waals surface area contributed by atoms with Crippen molar-refractivity contribution in [1.29, 1.82) is 5.26 Å². The molecule has 24 heavy (non-hydrogen) atoms. The predicted molar refractivity (Wildman–Crippen MR) is 93.5 cm³/mol. The summed E-state index contributed by atoms with van der Waals surface area (Å²) in [6.07, 6.45) is 2.00. The van der Waals surface area contributed by atoms with Gasteiger partial charge in [-0.2, -0.15) is 5.26 Å². The van der Waals surface area contributed by atoms with Crippen LogP contribution in [0.15, 0.2) is 0 Å². The van der Waals surface area contributed by atoms with Crippen molar-refractivity contribution in [3.63, 3.8) is 0 Å². The van der Waals surface area contributed by atoms with Crippen LogP contribution in [0.5, 0.6) is 0 Å². The fraction of sp³-hybridized carbons (Fsp3) is 0.889. The summed E-state index contributed by atoms with van der Waals surface area (Å²) < 4.78 is 5.32. The third-order valence-electron chi connectivity index (χ3n) is 5.21. The Kier molecular flexibility index (Phi) is 7.02. The van der Waals surface area contributed by atoms with Gasteiger partial charge in [0.25, 0.3) is 0 Å². The molecule has 0 aromatic rings. The third kappa shape index (κ3) is 5.44. The molecule has 2 heterocycles. The van der Waals surface area contributed by atoms with E-state index in [2.05, 4.69) is 15.9 Å². The van der Waals surface area contributed by atoms with Crippen molar-refractivity contribution in [2.24, 2.45) is 5.41 Å². The van der Waals surface area contributed by atoms with Gasteiger partial charge in [0.2, 0.25) is 5.91 Å². The van der Waals surface area contributed by atoms with Gasteiger partial charge < -0.3 is 14.5 Å². The molecule has 6 nitrogen and oxygen atoms in total. The first-order valence-corrected chi connectivity index (χ1v) is 9.17. The number of ether oxygens (including phenoxy) is 1. The number of morpholine rings is 1. The van der Waals surface area contributed by atoms with Gasteiger partial charge in [-0.05, 0) is 40.2 Å². The van der Waals surface area contributed by atoms with Crippen LogP contribution in [0.25, 0.3) is 0 Å². The van der Waals surface area contributed by atoms with Gasteiger partial charge in [-0.25, -0.2) is 0 Å². The molecule has 2 saturated heterocycles. The SMILES string of the molecule is CC(C(=O)N1CCOCC1)N1CCN(CCCC(C)(C)C#N)CC1. The Hall–Kier alpha value is -1.16. The van der Waals surface area contributed by atoms with Gasteiger partial charge in [-0.15, -0.1) is 0 Å². The summed E-state index contributed by atoms with van der Waals surface area (Å²) in [5.74, 6) is 0.238. The molecule has 6 heteroatoms. The van der Waals surface area contributed by atoms with Crippen LogP contribution in [0.1, 0.15) is 33.6 Å². The van der Waals surface area contributed by atoms with Crippen LogP contribution in [0.4, 0.5) is 0 Å². The molecule has 1 atom stereocenters. The van der Waals surface area contributed by atoms with Crippen LogP contribution in [0.3, 0.4) is 0 Å². The first kappa shape index (κ1) is 19.2. The molecule has 136 valence electrons. The Morgan fingerprint density at radius 2 is 1.79 bits per heavy atom. The summed E-state index contributed by atoms with van der Waals surface area (Å²) in [6, 6.07) is 2.33. The van der Waals surface area contributed by atoms with Gasteiger partial charge >= 0.3 is 0 Å². The van der Waals surface area contributed by atoms with Crippen molar-refractivity contribution in [1.82, 2.24) is 14.7 Å². The van der Waals surface area contributed by atoms with Crippen LogP contribution < -0.4 is 0 Å². The zero-order valence-electron chi connectivity index (χ0n) is 15.5. The number of hydrogen-bond donors (Lipinski definition) is 0. The second-order valence-electron chi connectivity index (χ2n) is 7.59. The monoisotopic (exact) mass is 336 g/mol. The lowest BCUT2D eigenvalue weighted by molar-refractivity contribution is -0.141. The lowest BCUT2D eigenvalue weighted by atomic mass is 9.90. The van der Waals surface area contributed by atoms with Crippen molar-refractivity contribution in [2.75, 3.05) is 59.0 Å². The third-order valence-corrected chi connectivity index (χ3v) is 5.21. The van der Waals surface area contributed by atoms with E-state index in [0.717, 1.165) is 58.7 Å². The molecule has 2 aliphatic heterocycles. The normalized spacial score (nSPS) is 22.2. The first-order chi connectivity index (χ1) is 11.4. The maximum Gasteiger partial charge on any atom is 0.239 e. The summed E-state index contributed by atoms with van der Waals surface area (Å²) in [5.41, 5.74) is -0.221. The maximum absolute atomic E-state index is 12.6. The van der Waals surface area contributed by atoms with E-state index in [1.165, 1.54) is 0 Å². The standard InChI is InChI=1S/C18H32N4O2/c1-16(17(23)22-11-13-24-14-12-22)21-9-7-20(8-10-21)6-4-5-18(2,3)15-19/h16H,4-14H2,1-3H3. The molecule has 1 amide bonds. The number of nitriles is 1. The molecule has 0 bridgehead atoms. The zero-order chi connectivity index (χ0) is 17.6. The average molecular weight is 336 g/mol. The average Bonchev–Trinajstić information content (AvgIpc) is 2.61. The number of rotatable bonds is 6. The highest BCUT2D eigenvalue weighted by atomic mass is 16.5. The van der Waals surface area contributed by atoms with E-state index in [-0.39, 0.29) is 17.4 Å².